The molecule has 1 aromatic carbocycles. The van der Waals surface area contributed by atoms with Crippen LogP contribution in [0.25, 0.3) is 0 Å². The fourth-order valence-electron chi connectivity index (χ4n) is 1.89. The fraction of sp³-hybridized carbons (Fsp3) is 0.308. The smallest absolute Gasteiger partial charge is 0.330 e. The van der Waals surface area contributed by atoms with Crippen molar-refractivity contribution in [2.45, 2.75) is 12.5 Å². The van der Waals surface area contributed by atoms with Crippen molar-refractivity contribution in [2.24, 2.45) is 0 Å². The van der Waals surface area contributed by atoms with Gasteiger partial charge in [0.25, 0.3) is 0 Å². The van der Waals surface area contributed by atoms with E-state index in [9.17, 15) is 14.4 Å². The molecular weight excluding hydrogens is 248 g/mol. The minimum absolute atomic E-state index is 0.0111. The summed E-state index contributed by atoms with van der Waals surface area (Å²) in [5, 5.41) is 2.41. The zero-order chi connectivity index (χ0) is 13.8. The van der Waals surface area contributed by atoms with E-state index in [2.05, 4.69) is 10.1 Å². The summed E-state index contributed by atoms with van der Waals surface area (Å²) < 4.78 is 4.54. The highest BCUT2D eigenvalue weighted by Crippen LogP contribution is 2.09. The van der Waals surface area contributed by atoms with Gasteiger partial charge in [-0.25, -0.2) is 9.59 Å². The molecule has 1 fully saturated rings. The number of hydrogen-bond donors (Lipinski definition) is 1. The van der Waals surface area contributed by atoms with Gasteiger partial charge in [-0.1, -0.05) is 30.3 Å². The van der Waals surface area contributed by atoms with Gasteiger partial charge in [0.1, 0.15) is 6.04 Å². The van der Waals surface area contributed by atoms with Crippen LogP contribution in [-0.4, -0.2) is 42.5 Å². The molecule has 0 saturated carbocycles. The van der Waals surface area contributed by atoms with Crippen molar-refractivity contribution in [3.8, 4) is 0 Å². The second kappa shape index (κ2) is 5.51. The molecule has 6 heteroatoms. The van der Waals surface area contributed by atoms with Crippen LogP contribution in [0, 0.1) is 0 Å². The van der Waals surface area contributed by atoms with Crippen molar-refractivity contribution >= 4 is 17.9 Å². The van der Waals surface area contributed by atoms with Gasteiger partial charge in [0, 0.05) is 0 Å². The van der Waals surface area contributed by atoms with Crippen LogP contribution in [0.2, 0.25) is 0 Å². The van der Waals surface area contributed by atoms with Crippen molar-refractivity contribution in [1.82, 2.24) is 10.2 Å². The normalized spacial score (nSPS) is 18.1. The van der Waals surface area contributed by atoms with Gasteiger partial charge in [-0.05, 0) is 5.56 Å². The van der Waals surface area contributed by atoms with Gasteiger partial charge in [-0.2, -0.15) is 0 Å². The molecular formula is C13H14N2O4. The lowest BCUT2D eigenvalue weighted by molar-refractivity contribution is -0.142. The van der Waals surface area contributed by atoms with Gasteiger partial charge in [0.2, 0.25) is 5.91 Å². The molecule has 1 aromatic rings. The van der Waals surface area contributed by atoms with Crippen LogP contribution in [0.3, 0.4) is 0 Å². The maximum atomic E-state index is 12.0. The number of carbonyl (C=O) groups excluding carboxylic acids is 3. The maximum Gasteiger partial charge on any atom is 0.330 e. The van der Waals surface area contributed by atoms with Gasteiger partial charge in [-0.3, -0.25) is 9.69 Å². The minimum atomic E-state index is -0.780. The van der Waals surface area contributed by atoms with E-state index >= 15 is 0 Å². The molecule has 0 spiro atoms. The number of imide groups is 1. The first kappa shape index (κ1) is 13.1. The van der Waals surface area contributed by atoms with Gasteiger partial charge in [0.15, 0.2) is 0 Å². The van der Waals surface area contributed by atoms with Crippen LogP contribution < -0.4 is 5.32 Å². The summed E-state index contributed by atoms with van der Waals surface area (Å²) in [5.74, 6) is -0.890. The predicted molar refractivity (Wildman–Crippen MR) is 66.2 cm³/mol. The molecule has 3 amide bonds. The van der Waals surface area contributed by atoms with Crippen molar-refractivity contribution in [2.75, 3.05) is 13.7 Å². The van der Waals surface area contributed by atoms with Crippen LogP contribution in [-0.2, 0) is 20.7 Å². The quantitative estimate of drug-likeness (QED) is 0.796. The molecule has 1 atom stereocenters. The first-order chi connectivity index (χ1) is 9.11. The Balaban J connectivity index is 2.00. The number of benzene rings is 1. The highest BCUT2D eigenvalue weighted by molar-refractivity contribution is 5.99. The average Bonchev–Trinajstić information content (AvgIpc) is 2.81. The Hall–Kier alpha value is -2.37. The van der Waals surface area contributed by atoms with Gasteiger partial charge in [-0.15, -0.1) is 0 Å². The number of urea groups is 1. The van der Waals surface area contributed by atoms with Crippen LogP contribution in [0.15, 0.2) is 30.3 Å². The lowest BCUT2D eigenvalue weighted by Gasteiger charge is -2.12. The van der Waals surface area contributed by atoms with Crippen molar-refractivity contribution in [1.29, 1.82) is 0 Å². The van der Waals surface area contributed by atoms with E-state index in [0.717, 1.165) is 10.5 Å². The number of nitrogens with zero attached hydrogens (tertiary/aromatic N) is 1. The zero-order valence-corrected chi connectivity index (χ0v) is 10.5. The van der Waals surface area contributed by atoms with Gasteiger partial charge >= 0.3 is 12.0 Å². The Morgan fingerprint density at radius 1 is 1.37 bits per heavy atom. The summed E-state index contributed by atoms with van der Waals surface area (Å²) in [6.07, 6.45) is 0.127. The molecule has 100 valence electrons. The Labute approximate surface area is 110 Å². The summed E-state index contributed by atoms with van der Waals surface area (Å²) in [6, 6.07) is 7.78. The monoisotopic (exact) mass is 262 g/mol. The number of esters is 1. The number of rotatable bonds is 3. The van der Waals surface area contributed by atoms with Crippen LogP contribution >= 0.6 is 0 Å². The molecule has 1 heterocycles. The van der Waals surface area contributed by atoms with E-state index in [-0.39, 0.29) is 18.9 Å². The topological polar surface area (TPSA) is 75.7 Å². The molecule has 0 unspecified atom stereocenters. The largest absolute Gasteiger partial charge is 0.467 e. The zero-order valence-electron chi connectivity index (χ0n) is 10.5. The fourth-order valence-corrected chi connectivity index (χ4v) is 1.89. The minimum Gasteiger partial charge on any atom is -0.467 e. The Morgan fingerprint density at radius 3 is 2.68 bits per heavy atom. The predicted octanol–water partition coefficient (Wildman–Crippen LogP) is 0.322. The molecule has 19 heavy (non-hydrogen) atoms. The van der Waals surface area contributed by atoms with E-state index < -0.39 is 18.0 Å². The SMILES string of the molecule is COC(=O)[C@@H]1CN(C(=O)Cc2ccccc2)C(=O)N1. The highest BCUT2D eigenvalue weighted by Gasteiger charge is 2.37. The van der Waals surface area contributed by atoms with Gasteiger partial charge in [0.05, 0.1) is 20.1 Å². The van der Waals surface area contributed by atoms with Crippen LogP contribution in [0.1, 0.15) is 5.56 Å². The van der Waals surface area contributed by atoms with E-state index in [1.807, 2.05) is 30.3 Å². The molecule has 0 aromatic heterocycles. The molecule has 1 N–H and O–H groups in total. The first-order valence-electron chi connectivity index (χ1n) is 5.84. The molecule has 1 saturated heterocycles. The Bertz CT molecular complexity index is 501. The summed E-state index contributed by atoms with van der Waals surface area (Å²) in [6.45, 7) is 0.0111. The highest BCUT2D eigenvalue weighted by atomic mass is 16.5. The molecule has 1 aliphatic rings. The molecule has 0 radical (unpaired) electrons. The Kier molecular flexibility index (Phi) is 3.79. The Morgan fingerprint density at radius 2 is 2.05 bits per heavy atom. The number of nitrogens with one attached hydrogen (secondary N) is 1. The number of carbonyl (C=O) groups is 3. The van der Waals surface area contributed by atoms with E-state index in [4.69, 9.17) is 0 Å². The molecule has 6 nitrogen and oxygen atoms in total. The first-order valence-corrected chi connectivity index (χ1v) is 5.84. The van der Waals surface area contributed by atoms with Crippen LogP contribution in [0.4, 0.5) is 4.79 Å². The number of hydrogen-bond acceptors (Lipinski definition) is 4. The van der Waals surface area contributed by atoms with E-state index in [1.165, 1.54) is 7.11 Å². The van der Waals surface area contributed by atoms with E-state index in [0.29, 0.717) is 0 Å². The third-order valence-corrected chi connectivity index (χ3v) is 2.89. The van der Waals surface area contributed by atoms with Crippen molar-refractivity contribution in [3.63, 3.8) is 0 Å². The lowest BCUT2D eigenvalue weighted by Crippen LogP contribution is -2.35. The third kappa shape index (κ3) is 2.90. The number of ether oxygens (including phenoxy) is 1. The maximum absolute atomic E-state index is 12.0. The van der Waals surface area contributed by atoms with Crippen molar-refractivity contribution < 1.29 is 19.1 Å². The third-order valence-electron chi connectivity index (χ3n) is 2.89. The molecule has 0 bridgehead atoms. The van der Waals surface area contributed by atoms with Crippen LogP contribution in [0.5, 0.6) is 0 Å². The average molecular weight is 262 g/mol. The second-order valence-corrected chi connectivity index (χ2v) is 4.19. The molecule has 0 aliphatic carbocycles. The summed E-state index contributed by atoms with van der Waals surface area (Å²) in [5.41, 5.74) is 0.821. The number of amides is 3. The summed E-state index contributed by atoms with van der Waals surface area (Å²) in [7, 11) is 1.24. The summed E-state index contributed by atoms with van der Waals surface area (Å²) >= 11 is 0. The van der Waals surface area contributed by atoms with E-state index in [1.54, 1.807) is 0 Å². The van der Waals surface area contributed by atoms with Gasteiger partial charge < -0.3 is 10.1 Å². The second-order valence-electron chi connectivity index (χ2n) is 4.19. The standard InChI is InChI=1S/C13H14N2O4/c1-19-12(17)10-8-15(13(18)14-10)11(16)7-9-5-3-2-4-6-9/h2-6,10H,7-8H2,1H3,(H,14,18)/t10-/m0/s1. The summed E-state index contributed by atoms with van der Waals surface area (Å²) in [4.78, 5) is 36.0. The number of methoxy groups -OCH3 is 1. The lowest BCUT2D eigenvalue weighted by atomic mass is 10.1. The van der Waals surface area contributed by atoms with Crippen molar-refractivity contribution in [3.05, 3.63) is 35.9 Å². The molecule has 1 aliphatic heterocycles. The molecule has 2 rings (SSSR count).